The largest absolute Gasteiger partial charge is 0.352 e. The predicted octanol–water partition coefficient (Wildman–Crippen LogP) is 3.25. The van der Waals surface area contributed by atoms with E-state index in [0.29, 0.717) is 17.4 Å². The Balaban J connectivity index is 1.45. The molecule has 7 nitrogen and oxygen atoms in total. The molecular formula is C20H23N5O2. The highest BCUT2D eigenvalue weighted by atomic mass is 16.2. The molecule has 1 saturated carbocycles. The standard InChI is InChI=1S/C20H23N5O2/c1-25(13-19(26)21-15-7-8-15)14-20(27)22-16-9-11-18(12-10-16)24-23-17-5-3-2-4-6-17/h2-6,9-12,15H,7-8,13-14H2,1H3,(H,21,26)(H,22,27). The van der Waals surface area contributed by atoms with E-state index in [9.17, 15) is 9.59 Å². The number of nitrogens with zero attached hydrogens (tertiary/aromatic N) is 3. The molecule has 2 N–H and O–H groups in total. The van der Waals surface area contributed by atoms with Crippen LogP contribution >= 0.6 is 0 Å². The third-order valence-electron chi connectivity index (χ3n) is 3.96. The summed E-state index contributed by atoms with van der Waals surface area (Å²) in [6, 6.07) is 16.9. The first-order valence-corrected chi connectivity index (χ1v) is 8.93. The van der Waals surface area contributed by atoms with Crippen LogP contribution in [0.25, 0.3) is 0 Å². The average molecular weight is 365 g/mol. The molecule has 2 aromatic carbocycles. The molecule has 0 heterocycles. The lowest BCUT2D eigenvalue weighted by Crippen LogP contribution is -2.39. The van der Waals surface area contributed by atoms with Gasteiger partial charge in [-0.25, -0.2) is 0 Å². The highest BCUT2D eigenvalue weighted by molar-refractivity contribution is 5.92. The van der Waals surface area contributed by atoms with Crippen molar-refractivity contribution in [1.82, 2.24) is 10.2 Å². The summed E-state index contributed by atoms with van der Waals surface area (Å²) in [5.41, 5.74) is 2.16. The van der Waals surface area contributed by atoms with Crippen LogP contribution in [0.5, 0.6) is 0 Å². The molecule has 3 rings (SSSR count). The zero-order valence-electron chi connectivity index (χ0n) is 15.3. The Morgan fingerprint density at radius 3 is 2.15 bits per heavy atom. The van der Waals surface area contributed by atoms with Crippen LogP contribution in [-0.2, 0) is 9.59 Å². The number of likely N-dealkylation sites (N-methyl/N-ethyl adjacent to an activating group) is 1. The number of hydrogen-bond donors (Lipinski definition) is 2. The fourth-order valence-corrected chi connectivity index (χ4v) is 2.47. The molecule has 0 atom stereocenters. The van der Waals surface area contributed by atoms with Crippen LogP contribution in [0.15, 0.2) is 64.8 Å². The van der Waals surface area contributed by atoms with E-state index in [1.807, 2.05) is 30.3 Å². The molecule has 7 heteroatoms. The average Bonchev–Trinajstić information content (AvgIpc) is 3.45. The van der Waals surface area contributed by atoms with Crippen molar-refractivity contribution < 1.29 is 9.59 Å². The Hall–Kier alpha value is -3.06. The molecule has 1 fully saturated rings. The molecule has 0 radical (unpaired) electrons. The second-order valence-electron chi connectivity index (χ2n) is 6.64. The maximum atomic E-state index is 12.1. The molecule has 2 amide bonds. The molecule has 1 aliphatic rings. The maximum absolute atomic E-state index is 12.1. The highest BCUT2D eigenvalue weighted by Crippen LogP contribution is 2.20. The van der Waals surface area contributed by atoms with E-state index in [0.717, 1.165) is 18.5 Å². The number of benzene rings is 2. The number of azo groups is 1. The van der Waals surface area contributed by atoms with Crippen molar-refractivity contribution in [2.75, 3.05) is 25.5 Å². The van der Waals surface area contributed by atoms with E-state index >= 15 is 0 Å². The van der Waals surface area contributed by atoms with Gasteiger partial charge in [0.25, 0.3) is 0 Å². The van der Waals surface area contributed by atoms with Crippen molar-refractivity contribution in [3.8, 4) is 0 Å². The molecule has 1 aliphatic carbocycles. The van der Waals surface area contributed by atoms with Crippen LogP contribution in [0.3, 0.4) is 0 Å². The first-order valence-electron chi connectivity index (χ1n) is 8.93. The molecular weight excluding hydrogens is 342 g/mol. The van der Waals surface area contributed by atoms with Gasteiger partial charge in [0.2, 0.25) is 11.8 Å². The minimum atomic E-state index is -0.171. The summed E-state index contributed by atoms with van der Waals surface area (Å²) in [7, 11) is 1.75. The van der Waals surface area contributed by atoms with Crippen LogP contribution < -0.4 is 10.6 Å². The van der Waals surface area contributed by atoms with E-state index in [1.165, 1.54) is 0 Å². The first kappa shape index (κ1) is 18.7. The summed E-state index contributed by atoms with van der Waals surface area (Å²) in [5, 5.41) is 14.0. The third kappa shape index (κ3) is 6.63. The molecule has 0 bridgehead atoms. The van der Waals surface area contributed by atoms with E-state index in [-0.39, 0.29) is 24.9 Å². The van der Waals surface area contributed by atoms with Crippen molar-refractivity contribution >= 4 is 28.9 Å². The Labute approximate surface area is 158 Å². The monoisotopic (exact) mass is 365 g/mol. The maximum Gasteiger partial charge on any atom is 0.238 e. The number of hydrogen-bond acceptors (Lipinski definition) is 5. The lowest BCUT2D eigenvalue weighted by Gasteiger charge is -2.15. The molecule has 140 valence electrons. The van der Waals surface area contributed by atoms with Gasteiger partial charge in [-0.15, -0.1) is 0 Å². The Morgan fingerprint density at radius 2 is 1.52 bits per heavy atom. The van der Waals surface area contributed by atoms with Gasteiger partial charge in [0.1, 0.15) is 0 Å². The quantitative estimate of drug-likeness (QED) is 0.704. The van der Waals surface area contributed by atoms with Crippen LogP contribution in [-0.4, -0.2) is 42.9 Å². The van der Waals surface area contributed by atoms with Crippen LogP contribution in [0.2, 0.25) is 0 Å². The molecule has 2 aromatic rings. The van der Waals surface area contributed by atoms with Gasteiger partial charge in [-0.3, -0.25) is 14.5 Å². The van der Waals surface area contributed by atoms with Crippen molar-refractivity contribution in [2.45, 2.75) is 18.9 Å². The zero-order valence-corrected chi connectivity index (χ0v) is 15.3. The van der Waals surface area contributed by atoms with Crippen molar-refractivity contribution in [3.63, 3.8) is 0 Å². The minimum absolute atomic E-state index is 0.0408. The number of carbonyl (C=O) groups excluding carboxylic acids is 2. The summed E-state index contributed by atoms with van der Waals surface area (Å²) in [6.07, 6.45) is 2.10. The van der Waals surface area contributed by atoms with Crippen molar-refractivity contribution in [1.29, 1.82) is 0 Å². The molecule has 27 heavy (non-hydrogen) atoms. The minimum Gasteiger partial charge on any atom is -0.352 e. The van der Waals surface area contributed by atoms with Crippen LogP contribution in [0, 0.1) is 0 Å². The molecule has 0 saturated heterocycles. The topological polar surface area (TPSA) is 86.2 Å². The normalized spacial score (nSPS) is 13.7. The second kappa shape index (κ2) is 9.05. The van der Waals surface area contributed by atoms with Gasteiger partial charge in [0.15, 0.2) is 0 Å². The lowest BCUT2D eigenvalue weighted by molar-refractivity contribution is -0.123. The number of rotatable bonds is 8. The van der Waals surface area contributed by atoms with Crippen molar-refractivity contribution in [3.05, 3.63) is 54.6 Å². The Bertz CT molecular complexity index is 801. The summed E-state index contributed by atoms with van der Waals surface area (Å²) < 4.78 is 0. The van der Waals surface area contributed by atoms with Gasteiger partial charge in [-0.1, -0.05) is 18.2 Å². The van der Waals surface area contributed by atoms with Gasteiger partial charge >= 0.3 is 0 Å². The summed E-state index contributed by atoms with van der Waals surface area (Å²) in [6.45, 7) is 0.357. The van der Waals surface area contributed by atoms with Gasteiger partial charge in [0, 0.05) is 11.7 Å². The van der Waals surface area contributed by atoms with E-state index in [2.05, 4.69) is 20.9 Å². The molecule has 0 aromatic heterocycles. The summed E-state index contributed by atoms with van der Waals surface area (Å²) in [5.74, 6) is -0.212. The van der Waals surface area contributed by atoms with E-state index in [1.54, 1.807) is 36.2 Å². The Kier molecular flexibility index (Phi) is 6.27. The lowest BCUT2D eigenvalue weighted by atomic mass is 10.3. The third-order valence-corrected chi connectivity index (χ3v) is 3.96. The summed E-state index contributed by atoms with van der Waals surface area (Å²) in [4.78, 5) is 25.5. The van der Waals surface area contributed by atoms with Gasteiger partial charge < -0.3 is 10.6 Å². The smallest absolute Gasteiger partial charge is 0.238 e. The first-order chi connectivity index (χ1) is 13.1. The summed E-state index contributed by atoms with van der Waals surface area (Å²) >= 11 is 0. The second-order valence-corrected chi connectivity index (χ2v) is 6.64. The predicted molar refractivity (Wildman–Crippen MR) is 104 cm³/mol. The fraction of sp³-hybridized carbons (Fsp3) is 0.300. The Morgan fingerprint density at radius 1 is 0.926 bits per heavy atom. The molecule has 0 aliphatic heterocycles. The van der Waals surface area contributed by atoms with Gasteiger partial charge in [-0.05, 0) is 56.3 Å². The molecule has 0 unspecified atom stereocenters. The number of nitrogens with one attached hydrogen (secondary N) is 2. The van der Waals surface area contributed by atoms with E-state index in [4.69, 9.17) is 0 Å². The van der Waals surface area contributed by atoms with Gasteiger partial charge in [0.05, 0.1) is 24.5 Å². The van der Waals surface area contributed by atoms with Crippen molar-refractivity contribution in [2.24, 2.45) is 10.2 Å². The zero-order chi connectivity index (χ0) is 19.1. The van der Waals surface area contributed by atoms with Gasteiger partial charge in [-0.2, -0.15) is 10.2 Å². The highest BCUT2D eigenvalue weighted by Gasteiger charge is 2.23. The molecule has 0 spiro atoms. The SMILES string of the molecule is CN(CC(=O)Nc1ccc(N=Nc2ccccc2)cc1)CC(=O)NC1CC1. The van der Waals surface area contributed by atoms with E-state index < -0.39 is 0 Å². The number of carbonyl (C=O) groups is 2. The number of anilines is 1. The number of amides is 2. The van der Waals surface area contributed by atoms with Crippen LogP contribution in [0.4, 0.5) is 17.1 Å². The van der Waals surface area contributed by atoms with Crippen LogP contribution in [0.1, 0.15) is 12.8 Å². The fourth-order valence-electron chi connectivity index (χ4n) is 2.47.